The number of nitrogens with two attached hydrogens (primary N) is 1. The van der Waals surface area contributed by atoms with Crippen molar-refractivity contribution in [1.29, 1.82) is 0 Å². The van der Waals surface area contributed by atoms with E-state index in [2.05, 4.69) is 9.97 Å². The Morgan fingerprint density at radius 1 is 1.33 bits per heavy atom. The number of thiophene rings is 1. The minimum absolute atomic E-state index is 0.637. The highest BCUT2D eigenvalue weighted by Crippen LogP contribution is 2.28. The summed E-state index contributed by atoms with van der Waals surface area (Å²) in [4.78, 5) is 9.61. The zero-order valence-electron chi connectivity index (χ0n) is 7.79. The molecule has 0 amide bonds. The van der Waals surface area contributed by atoms with Gasteiger partial charge in [0.1, 0.15) is 11.5 Å². The Kier molecular flexibility index (Phi) is 1.72. The summed E-state index contributed by atoms with van der Waals surface area (Å²) in [6, 6.07) is 5.82. The molecule has 15 heavy (non-hydrogen) atoms. The van der Waals surface area contributed by atoms with Gasteiger partial charge in [0.15, 0.2) is 0 Å². The van der Waals surface area contributed by atoms with Gasteiger partial charge in [0.25, 0.3) is 0 Å². The lowest BCUT2D eigenvalue weighted by atomic mass is 10.3. The normalized spacial score (nSPS) is 10.9. The lowest BCUT2D eigenvalue weighted by Crippen LogP contribution is -1.93. The molecule has 0 aliphatic heterocycles. The number of anilines is 1. The van der Waals surface area contributed by atoms with Crippen molar-refractivity contribution in [2.24, 2.45) is 0 Å². The maximum atomic E-state index is 6.00. The SMILES string of the molecule is Nc1c(-c2cccs2)nc2ncccn12. The van der Waals surface area contributed by atoms with E-state index in [0.717, 1.165) is 10.6 Å². The van der Waals surface area contributed by atoms with Gasteiger partial charge in [0.2, 0.25) is 5.78 Å². The van der Waals surface area contributed by atoms with E-state index in [1.807, 2.05) is 29.8 Å². The van der Waals surface area contributed by atoms with Gasteiger partial charge >= 0.3 is 0 Å². The van der Waals surface area contributed by atoms with Crippen LogP contribution in [0, 0.1) is 0 Å². The van der Waals surface area contributed by atoms with Crippen LogP contribution < -0.4 is 5.73 Å². The van der Waals surface area contributed by atoms with Crippen LogP contribution in [-0.2, 0) is 0 Å². The number of hydrogen-bond donors (Lipinski definition) is 1. The van der Waals surface area contributed by atoms with Gasteiger partial charge in [0.05, 0.1) is 4.88 Å². The predicted molar refractivity (Wildman–Crippen MR) is 60.7 cm³/mol. The van der Waals surface area contributed by atoms with Crippen molar-refractivity contribution in [3.05, 3.63) is 36.0 Å². The Morgan fingerprint density at radius 2 is 2.27 bits per heavy atom. The molecule has 0 unspecified atom stereocenters. The second kappa shape index (κ2) is 3.06. The third-order valence-corrected chi connectivity index (χ3v) is 3.07. The summed E-state index contributed by atoms with van der Waals surface area (Å²) < 4.78 is 1.79. The zero-order chi connectivity index (χ0) is 10.3. The Bertz CT molecular complexity index is 597. The highest BCUT2D eigenvalue weighted by atomic mass is 32.1. The fraction of sp³-hybridized carbons (Fsp3) is 0. The van der Waals surface area contributed by atoms with Gasteiger partial charge in [-0.1, -0.05) is 6.07 Å². The molecule has 0 aliphatic carbocycles. The third-order valence-electron chi connectivity index (χ3n) is 2.20. The summed E-state index contributed by atoms with van der Waals surface area (Å²) in [5, 5.41) is 2.01. The molecule has 0 aromatic carbocycles. The van der Waals surface area contributed by atoms with E-state index in [1.54, 1.807) is 21.9 Å². The number of aromatic nitrogens is 3. The van der Waals surface area contributed by atoms with Gasteiger partial charge in [-0.15, -0.1) is 11.3 Å². The number of imidazole rings is 1. The van der Waals surface area contributed by atoms with Crippen LogP contribution in [0.2, 0.25) is 0 Å². The number of rotatable bonds is 1. The monoisotopic (exact) mass is 216 g/mol. The number of hydrogen-bond acceptors (Lipinski definition) is 4. The van der Waals surface area contributed by atoms with Gasteiger partial charge in [-0.2, -0.15) is 0 Å². The van der Waals surface area contributed by atoms with Crippen molar-refractivity contribution in [3.8, 4) is 10.6 Å². The van der Waals surface area contributed by atoms with Gasteiger partial charge in [0, 0.05) is 12.4 Å². The van der Waals surface area contributed by atoms with E-state index < -0.39 is 0 Å². The van der Waals surface area contributed by atoms with Gasteiger partial charge in [-0.05, 0) is 17.5 Å². The third kappa shape index (κ3) is 1.20. The van der Waals surface area contributed by atoms with E-state index in [1.165, 1.54) is 0 Å². The molecular formula is C10H8N4S. The summed E-state index contributed by atoms with van der Waals surface area (Å²) >= 11 is 1.62. The smallest absolute Gasteiger partial charge is 0.235 e. The maximum absolute atomic E-state index is 6.00. The molecule has 0 fully saturated rings. The molecular weight excluding hydrogens is 208 g/mol. The van der Waals surface area contributed by atoms with E-state index in [4.69, 9.17) is 5.73 Å². The van der Waals surface area contributed by atoms with Crippen LogP contribution in [-0.4, -0.2) is 14.4 Å². The van der Waals surface area contributed by atoms with Crippen molar-refractivity contribution in [2.75, 3.05) is 5.73 Å². The molecule has 3 aromatic heterocycles. The largest absolute Gasteiger partial charge is 0.383 e. The lowest BCUT2D eigenvalue weighted by Gasteiger charge is -1.94. The Labute approximate surface area is 90.0 Å². The first-order valence-electron chi connectivity index (χ1n) is 4.48. The van der Waals surface area contributed by atoms with Gasteiger partial charge in [-0.25, -0.2) is 9.97 Å². The Morgan fingerprint density at radius 3 is 3.00 bits per heavy atom. The molecule has 0 spiro atoms. The quantitative estimate of drug-likeness (QED) is 0.677. The second-order valence-electron chi connectivity index (χ2n) is 3.11. The number of nitrogens with zero attached hydrogens (tertiary/aromatic N) is 3. The van der Waals surface area contributed by atoms with E-state index in [9.17, 15) is 0 Å². The first kappa shape index (κ1) is 8.43. The topological polar surface area (TPSA) is 56.2 Å². The van der Waals surface area contributed by atoms with Crippen molar-refractivity contribution < 1.29 is 0 Å². The minimum atomic E-state index is 0.637. The first-order chi connectivity index (χ1) is 7.36. The van der Waals surface area contributed by atoms with Crippen molar-refractivity contribution in [1.82, 2.24) is 14.4 Å². The van der Waals surface area contributed by atoms with Crippen LogP contribution in [0.3, 0.4) is 0 Å². The molecule has 4 nitrogen and oxygen atoms in total. The molecule has 0 saturated heterocycles. The van der Waals surface area contributed by atoms with Crippen molar-refractivity contribution in [3.63, 3.8) is 0 Å². The summed E-state index contributed by atoms with van der Waals surface area (Å²) in [6.45, 7) is 0. The summed E-state index contributed by atoms with van der Waals surface area (Å²) in [5.41, 5.74) is 6.81. The summed E-state index contributed by atoms with van der Waals surface area (Å²) in [5.74, 6) is 1.28. The molecule has 0 atom stereocenters. The minimum Gasteiger partial charge on any atom is -0.383 e. The van der Waals surface area contributed by atoms with Crippen LogP contribution >= 0.6 is 11.3 Å². The highest BCUT2D eigenvalue weighted by molar-refractivity contribution is 7.13. The van der Waals surface area contributed by atoms with E-state index in [0.29, 0.717) is 11.6 Å². The number of fused-ring (bicyclic) bond motifs is 1. The van der Waals surface area contributed by atoms with Crippen molar-refractivity contribution in [2.45, 2.75) is 0 Å². The Balaban J connectivity index is 2.33. The van der Waals surface area contributed by atoms with Gasteiger partial charge < -0.3 is 5.73 Å². The zero-order valence-corrected chi connectivity index (χ0v) is 8.61. The van der Waals surface area contributed by atoms with Crippen LogP contribution in [0.15, 0.2) is 36.0 Å². The average Bonchev–Trinajstić information content (AvgIpc) is 2.87. The van der Waals surface area contributed by atoms with E-state index in [-0.39, 0.29) is 0 Å². The van der Waals surface area contributed by atoms with E-state index >= 15 is 0 Å². The molecule has 5 heteroatoms. The molecule has 3 rings (SSSR count). The average molecular weight is 216 g/mol. The molecule has 0 saturated carbocycles. The molecule has 2 N–H and O–H groups in total. The molecule has 0 radical (unpaired) electrons. The summed E-state index contributed by atoms with van der Waals surface area (Å²) in [7, 11) is 0. The molecule has 0 aliphatic rings. The second-order valence-corrected chi connectivity index (χ2v) is 4.06. The standard InChI is InChI=1S/C10H8N4S/c11-9-8(7-3-1-6-15-7)13-10-12-4-2-5-14(9)10/h1-6H,11H2. The van der Waals surface area contributed by atoms with Gasteiger partial charge in [-0.3, -0.25) is 4.40 Å². The first-order valence-corrected chi connectivity index (χ1v) is 5.36. The van der Waals surface area contributed by atoms with Crippen LogP contribution in [0.4, 0.5) is 5.82 Å². The molecule has 3 aromatic rings. The van der Waals surface area contributed by atoms with Crippen LogP contribution in [0.25, 0.3) is 16.3 Å². The molecule has 74 valence electrons. The molecule has 3 heterocycles. The van der Waals surface area contributed by atoms with Crippen molar-refractivity contribution >= 4 is 22.9 Å². The number of nitrogen functional groups attached to an aromatic ring is 1. The molecule has 0 bridgehead atoms. The maximum Gasteiger partial charge on any atom is 0.235 e. The van der Waals surface area contributed by atoms with Crippen LogP contribution in [0.1, 0.15) is 0 Å². The van der Waals surface area contributed by atoms with Crippen LogP contribution in [0.5, 0.6) is 0 Å². The fourth-order valence-electron chi connectivity index (χ4n) is 1.50. The highest BCUT2D eigenvalue weighted by Gasteiger charge is 2.11. The predicted octanol–water partition coefficient (Wildman–Crippen LogP) is 2.04. The Hall–Kier alpha value is -1.88. The fourth-order valence-corrected chi connectivity index (χ4v) is 2.22. The summed E-state index contributed by atoms with van der Waals surface area (Å²) in [6.07, 6.45) is 3.57. The lowest BCUT2D eigenvalue weighted by molar-refractivity contribution is 1.12.